The molecule has 0 bridgehead atoms. The van der Waals surface area contributed by atoms with E-state index in [1.54, 1.807) is 25.3 Å². The van der Waals surface area contributed by atoms with Crippen LogP contribution in [0, 0.1) is 0 Å². The van der Waals surface area contributed by atoms with Gasteiger partial charge in [-0.2, -0.15) is 0 Å². The van der Waals surface area contributed by atoms with Crippen LogP contribution in [0.1, 0.15) is 23.6 Å². The molecule has 0 aromatic heterocycles. The van der Waals surface area contributed by atoms with Crippen molar-refractivity contribution in [2.24, 2.45) is 0 Å². The Balaban J connectivity index is 1.91. The molecule has 0 radical (unpaired) electrons. The maximum absolute atomic E-state index is 13.0. The molecule has 1 heterocycles. The maximum atomic E-state index is 13.0. The number of thiocarbonyl (C=S) groups is 1. The first-order valence-corrected chi connectivity index (χ1v) is 9.40. The van der Waals surface area contributed by atoms with Crippen LogP contribution in [0.25, 0.3) is 6.08 Å². The summed E-state index contributed by atoms with van der Waals surface area (Å²) in [6.07, 6.45) is 1.54. The van der Waals surface area contributed by atoms with E-state index in [4.69, 9.17) is 17.0 Å². The monoisotopic (exact) mass is 399 g/mol. The van der Waals surface area contributed by atoms with E-state index in [-0.39, 0.29) is 12.3 Å². The van der Waals surface area contributed by atoms with Gasteiger partial charge in [-0.1, -0.05) is 66.4 Å². The molecule has 7 heteroatoms. The van der Waals surface area contributed by atoms with E-state index in [9.17, 15) is 14.7 Å². The third-order valence-corrected chi connectivity index (χ3v) is 5.43. The molecule has 1 aliphatic rings. The Morgan fingerprint density at radius 3 is 2.48 bits per heavy atom. The summed E-state index contributed by atoms with van der Waals surface area (Å²) in [6.45, 7) is 0. The Morgan fingerprint density at radius 1 is 1.22 bits per heavy atom. The molecular weight excluding hydrogens is 382 g/mol. The van der Waals surface area contributed by atoms with E-state index in [0.717, 1.165) is 16.9 Å². The lowest BCUT2D eigenvalue weighted by Crippen LogP contribution is -2.34. The van der Waals surface area contributed by atoms with Crippen LogP contribution in [-0.4, -0.2) is 33.3 Å². The molecule has 2 aromatic rings. The molecule has 138 valence electrons. The highest BCUT2D eigenvalue weighted by Crippen LogP contribution is 2.39. The molecule has 0 spiro atoms. The number of nitrogens with zero attached hydrogens (tertiary/aromatic N) is 1. The van der Waals surface area contributed by atoms with E-state index >= 15 is 0 Å². The molecule has 1 N–H and O–H groups in total. The van der Waals surface area contributed by atoms with Gasteiger partial charge in [0.1, 0.15) is 10.1 Å². The summed E-state index contributed by atoms with van der Waals surface area (Å²) in [5.74, 6) is -0.543. The van der Waals surface area contributed by atoms with Crippen molar-refractivity contribution in [3.8, 4) is 5.75 Å². The van der Waals surface area contributed by atoms with Crippen molar-refractivity contribution in [2.75, 3.05) is 7.11 Å². The van der Waals surface area contributed by atoms with Crippen molar-refractivity contribution < 1.29 is 19.4 Å². The highest BCUT2D eigenvalue weighted by atomic mass is 32.2. The van der Waals surface area contributed by atoms with Gasteiger partial charge < -0.3 is 9.84 Å². The van der Waals surface area contributed by atoms with Crippen LogP contribution in [-0.2, 0) is 9.59 Å². The van der Waals surface area contributed by atoms with Gasteiger partial charge in [-0.3, -0.25) is 14.5 Å². The molecule has 0 saturated carbocycles. The summed E-state index contributed by atoms with van der Waals surface area (Å²) in [7, 11) is 1.59. The molecule has 1 atom stereocenters. The molecule has 0 aliphatic carbocycles. The Kier molecular flexibility index (Phi) is 5.93. The highest BCUT2D eigenvalue weighted by molar-refractivity contribution is 8.26. The molecule has 1 aliphatic heterocycles. The summed E-state index contributed by atoms with van der Waals surface area (Å²) in [5, 5.41) is 9.31. The van der Waals surface area contributed by atoms with Crippen LogP contribution in [0.4, 0.5) is 0 Å². The van der Waals surface area contributed by atoms with Crippen LogP contribution in [0.2, 0.25) is 0 Å². The first-order valence-electron chi connectivity index (χ1n) is 8.17. The molecule has 0 unspecified atom stereocenters. The zero-order valence-electron chi connectivity index (χ0n) is 14.5. The second-order valence-electron chi connectivity index (χ2n) is 5.85. The maximum Gasteiger partial charge on any atom is 0.305 e. The molecule has 1 fully saturated rings. The number of thioether (sulfide) groups is 1. The zero-order chi connectivity index (χ0) is 19.4. The van der Waals surface area contributed by atoms with Crippen molar-refractivity contribution in [1.82, 2.24) is 4.90 Å². The fourth-order valence-electron chi connectivity index (χ4n) is 2.80. The normalized spacial score (nSPS) is 16.6. The highest BCUT2D eigenvalue weighted by Gasteiger charge is 2.38. The summed E-state index contributed by atoms with van der Waals surface area (Å²) < 4.78 is 5.49. The van der Waals surface area contributed by atoms with Crippen LogP contribution in [0.5, 0.6) is 5.75 Å². The van der Waals surface area contributed by atoms with Gasteiger partial charge in [-0.25, -0.2) is 0 Å². The molecule has 1 saturated heterocycles. The number of hydrogen-bond acceptors (Lipinski definition) is 5. The smallest absolute Gasteiger partial charge is 0.305 e. The number of hydrogen-bond donors (Lipinski definition) is 1. The fourth-order valence-corrected chi connectivity index (χ4v) is 4.16. The fraction of sp³-hybridized carbons (Fsp3) is 0.150. The molecule has 3 rings (SSSR count). The third kappa shape index (κ3) is 4.37. The zero-order valence-corrected chi connectivity index (χ0v) is 16.1. The molecule has 27 heavy (non-hydrogen) atoms. The first-order chi connectivity index (χ1) is 13.0. The predicted octanol–water partition coefficient (Wildman–Crippen LogP) is 4.11. The van der Waals surface area contributed by atoms with Gasteiger partial charge in [-0.05, 0) is 29.3 Å². The SMILES string of the molecule is COc1ccc(C=C2SC(=S)N([C@H](CC(=O)O)c3ccccc3)C2=O)cc1. The second-order valence-corrected chi connectivity index (χ2v) is 7.52. The van der Waals surface area contributed by atoms with Crippen molar-refractivity contribution >= 4 is 46.3 Å². The van der Waals surface area contributed by atoms with Crippen molar-refractivity contribution in [2.45, 2.75) is 12.5 Å². The number of aliphatic carboxylic acids is 1. The second kappa shape index (κ2) is 8.37. The summed E-state index contributed by atoms with van der Waals surface area (Å²) in [4.78, 5) is 26.2. The number of rotatable bonds is 6. The number of amides is 1. The van der Waals surface area contributed by atoms with Gasteiger partial charge in [0, 0.05) is 0 Å². The van der Waals surface area contributed by atoms with Crippen LogP contribution in [0.3, 0.4) is 0 Å². The van der Waals surface area contributed by atoms with E-state index < -0.39 is 12.0 Å². The Morgan fingerprint density at radius 2 is 1.89 bits per heavy atom. The van der Waals surface area contributed by atoms with E-state index in [2.05, 4.69) is 0 Å². The number of carbonyl (C=O) groups excluding carboxylic acids is 1. The number of carboxylic acids is 1. The molecule has 1 amide bonds. The average Bonchev–Trinajstić information content (AvgIpc) is 2.94. The number of methoxy groups -OCH3 is 1. The number of benzene rings is 2. The van der Waals surface area contributed by atoms with Gasteiger partial charge >= 0.3 is 5.97 Å². The standard InChI is InChI=1S/C20H17NO4S2/c1-25-15-9-7-13(8-10-15)11-17-19(24)21(20(26)27-17)16(12-18(22)23)14-5-3-2-4-6-14/h2-11,16H,12H2,1H3,(H,22,23)/t16-/m1/s1. The van der Waals surface area contributed by atoms with Gasteiger partial charge in [0.25, 0.3) is 5.91 Å². The number of carboxylic acid groups (broad SMARTS) is 1. The van der Waals surface area contributed by atoms with E-state index in [1.807, 2.05) is 42.5 Å². The van der Waals surface area contributed by atoms with Crippen LogP contribution >= 0.6 is 24.0 Å². The van der Waals surface area contributed by atoms with Crippen LogP contribution < -0.4 is 4.74 Å². The molecule has 2 aromatic carbocycles. The lowest BCUT2D eigenvalue weighted by atomic mass is 10.0. The first kappa shape index (κ1) is 19.1. The predicted molar refractivity (Wildman–Crippen MR) is 109 cm³/mol. The molecular formula is C20H17NO4S2. The van der Waals surface area contributed by atoms with Crippen LogP contribution in [0.15, 0.2) is 59.5 Å². The summed E-state index contributed by atoms with van der Waals surface area (Å²) in [5.41, 5.74) is 1.58. The quantitative estimate of drug-likeness (QED) is 0.582. The van der Waals surface area contributed by atoms with Crippen molar-refractivity contribution in [1.29, 1.82) is 0 Å². The lowest BCUT2D eigenvalue weighted by Gasteiger charge is -2.26. The topological polar surface area (TPSA) is 66.8 Å². The Bertz CT molecular complexity index is 894. The largest absolute Gasteiger partial charge is 0.497 e. The molecule has 5 nitrogen and oxygen atoms in total. The minimum absolute atomic E-state index is 0.216. The van der Waals surface area contributed by atoms with Gasteiger partial charge in [0.05, 0.1) is 24.5 Å². The lowest BCUT2D eigenvalue weighted by molar-refractivity contribution is -0.138. The minimum Gasteiger partial charge on any atom is -0.497 e. The average molecular weight is 399 g/mol. The number of ether oxygens (including phenoxy) is 1. The van der Waals surface area contributed by atoms with Crippen molar-refractivity contribution in [3.63, 3.8) is 0 Å². The third-order valence-electron chi connectivity index (χ3n) is 4.10. The summed E-state index contributed by atoms with van der Waals surface area (Å²) >= 11 is 6.58. The summed E-state index contributed by atoms with van der Waals surface area (Å²) in [6, 6.07) is 15.7. The van der Waals surface area contributed by atoms with Gasteiger partial charge in [-0.15, -0.1) is 0 Å². The van der Waals surface area contributed by atoms with Crippen molar-refractivity contribution in [3.05, 3.63) is 70.6 Å². The number of carbonyl (C=O) groups is 2. The van der Waals surface area contributed by atoms with Gasteiger partial charge in [0.2, 0.25) is 0 Å². The van der Waals surface area contributed by atoms with E-state index in [0.29, 0.717) is 9.23 Å². The minimum atomic E-state index is -0.989. The van der Waals surface area contributed by atoms with Gasteiger partial charge in [0.15, 0.2) is 0 Å². The Hall–Kier alpha value is -2.64. The van der Waals surface area contributed by atoms with E-state index in [1.165, 1.54) is 16.7 Å². The Labute approximate surface area is 166 Å².